The lowest BCUT2D eigenvalue weighted by Gasteiger charge is -2.34. The van der Waals surface area contributed by atoms with Crippen LogP contribution in [-0.2, 0) is 4.79 Å². The van der Waals surface area contributed by atoms with Gasteiger partial charge in [-0.25, -0.2) is 4.79 Å². The fourth-order valence-electron chi connectivity index (χ4n) is 5.23. The van der Waals surface area contributed by atoms with Crippen molar-refractivity contribution in [2.45, 2.75) is 100 Å². The van der Waals surface area contributed by atoms with Crippen LogP contribution in [0.2, 0.25) is 0 Å². The molecule has 2 nitrogen and oxygen atoms in total. The van der Waals surface area contributed by atoms with Crippen LogP contribution in [0.4, 0.5) is 0 Å². The number of carbonyl (C=O) groups is 1. The van der Waals surface area contributed by atoms with Crippen LogP contribution < -0.4 is 4.74 Å². The summed E-state index contributed by atoms with van der Waals surface area (Å²) in [5.41, 5.74) is 8.10. The van der Waals surface area contributed by atoms with Gasteiger partial charge in [0, 0.05) is 11.5 Å². The third-order valence-electron chi connectivity index (χ3n) is 8.00. The van der Waals surface area contributed by atoms with Crippen molar-refractivity contribution in [3.63, 3.8) is 0 Å². The summed E-state index contributed by atoms with van der Waals surface area (Å²) in [7, 11) is 0. The van der Waals surface area contributed by atoms with Gasteiger partial charge in [0.25, 0.3) is 0 Å². The van der Waals surface area contributed by atoms with Crippen LogP contribution in [0.15, 0.2) is 101 Å². The van der Waals surface area contributed by atoms with Crippen molar-refractivity contribution < 1.29 is 9.53 Å². The molecule has 216 valence electrons. The quantitative estimate of drug-likeness (QED) is 0.0817. The lowest BCUT2D eigenvalue weighted by molar-refractivity contribution is -0.129. The maximum Gasteiger partial charge on any atom is 0.336 e. The number of ether oxygens (including phenoxy) is 1. The fourth-order valence-corrected chi connectivity index (χ4v) is 5.23. The molecule has 0 heterocycles. The Morgan fingerprint density at radius 1 is 1.12 bits per heavy atom. The third kappa shape index (κ3) is 11.5. The number of carbonyl (C=O) groups excluding carboxylic acids is 1. The minimum absolute atomic E-state index is 0.0659. The first-order chi connectivity index (χ1) is 18.8. The molecule has 0 N–H and O–H groups in total. The molecule has 0 fully saturated rings. The molecule has 1 aliphatic carbocycles. The molecule has 1 unspecified atom stereocenters. The van der Waals surface area contributed by atoms with Gasteiger partial charge in [-0.15, -0.1) is 6.58 Å². The number of hydrogen-bond acceptors (Lipinski definition) is 2. The zero-order valence-electron chi connectivity index (χ0n) is 26.4. The van der Waals surface area contributed by atoms with Gasteiger partial charge >= 0.3 is 5.97 Å². The molecule has 0 saturated heterocycles. The van der Waals surface area contributed by atoms with Crippen molar-refractivity contribution in [3.8, 4) is 5.75 Å². The van der Waals surface area contributed by atoms with Crippen molar-refractivity contribution in [2.75, 3.05) is 0 Å². The van der Waals surface area contributed by atoms with Gasteiger partial charge < -0.3 is 4.74 Å². The first kappa shape index (κ1) is 33.1. The molecule has 1 aliphatic rings. The Morgan fingerprint density at radius 2 is 1.82 bits per heavy atom. The van der Waals surface area contributed by atoms with Gasteiger partial charge in [0.1, 0.15) is 5.75 Å². The monoisotopic (exact) mass is 540 g/mol. The van der Waals surface area contributed by atoms with Gasteiger partial charge in [0.15, 0.2) is 0 Å². The Hall–Kier alpha value is -3.13. The average molecular weight is 541 g/mol. The number of esters is 1. The molecule has 0 radical (unpaired) electrons. The highest BCUT2D eigenvalue weighted by atomic mass is 16.5. The van der Waals surface area contributed by atoms with Gasteiger partial charge in [0.2, 0.25) is 0 Å². The van der Waals surface area contributed by atoms with Crippen LogP contribution in [0, 0.1) is 10.8 Å². The van der Waals surface area contributed by atoms with Crippen LogP contribution in [0.3, 0.4) is 0 Å². The molecular weight excluding hydrogens is 488 g/mol. The molecule has 1 aromatic carbocycles. The van der Waals surface area contributed by atoms with Crippen molar-refractivity contribution >= 4 is 12.0 Å². The van der Waals surface area contributed by atoms with Crippen LogP contribution in [-0.4, -0.2) is 5.97 Å². The molecule has 2 rings (SSSR count). The molecule has 0 bridgehead atoms. The van der Waals surface area contributed by atoms with Gasteiger partial charge in [-0.2, -0.15) is 0 Å². The van der Waals surface area contributed by atoms with Crippen LogP contribution in [0.1, 0.15) is 106 Å². The predicted octanol–water partition coefficient (Wildman–Crippen LogP) is 11.3. The summed E-state index contributed by atoms with van der Waals surface area (Å²) in [4.78, 5) is 12.4. The SMILES string of the molecule is C=CC(C)(/C=C/c1ccc(OC(=O)\C=C(C)/C=C/C=C(\C)CCC2=C(C)CCCC2(C)C)cc1)CCC=C(C)C. The highest BCUT2D eigenvalue weighted by Crippen LogP contribution is 2.42. The standard InChI is InChI=1S/C38H52O2/c1-10-38(9,26-12-14-29(2)3)27-24-33-19-21-34(22-20-33)40-36(39)28-31(5)16-11-15-30(4)18-23-35-32(6)17-13-25-37(35,7)8/h10-11,14-16,19-22,24,27-28H,1,12-13,17-18,23,25-26H2,2-9H3/b16-11+,27-24+,30-15+,31-28-. The molecular formula is C38H52O2. The van der Waals surface area contributed by atoms with Crippen molar-refractivity contribution in [1.82, 2.24) is 0 Å². The van der Waals surface area contributed by atoms with Gasteiger partial charge in [-0.1, -0.05) is 97.7 Å². The van der Waals surface area contributed by atoms with E-state index in [2.05, 4.69) is 79.3 Å². The lowest BCUT2D eigenvalue weighted by Crippen LogP contribution is -2.20. The Balaban J connectivity index is 1.89. The van der Waals surface area contributed by atoms with Crippen LogP contribution >= 0.6 is 0 Å². The first-order valence-corrected chi connectivity index (χ1v) is 14.8. The summed E-state index contributed by atoms with van der Waals surface area (Å²) < 4.78 is 5.53. The Bertz CT molecular complexity index is 1190. The number of allylic oxidation sites excluding steroid dienone is 11. The summed E-state index contributed by atoms with van der Waals surface area (Å²) in [5, 5.41) is 0. The van der Waals surface area contributed by atoms with Crippen molar-refractivity contribution in [1.29, 1.82) is 0 Å². The summed E-state index contributed by atoms with van der Waals surface area (Å²) in [6.07, 6.45) is 24.3. The average Bonchev–Trinajstić information content (AvgIpc) is 2.87. The summed E-state index contributed by atoms with van der Waals surface area (Å²) in [6, 6.07) is 7.60. The van der Waals surface area contributed by atoms with E-state index in [1.165, 1.54) is 36.5 Å². The third-order valence-corrected chi connectivity index (χ3v) is 8.00. The molecule has 0 aromatic heterocycles. The predicted molar refractivity (Wildman–Crippen MR) is 174 cm³/mol. The van der Waals surface area contributed by atoms with E-state index in [0.717, 1.165) is 36.8 Å². The van der Waals surface area contributed by atoms with E-state index in [-0.39, 0.29) is 11.4 Å². The summed E-state index contributed by atoms with van der Waals surface area (Å²) in [5.74, 6) is 0.169. The van der Waals surface area contributed by atoms with E-state index in [9.17, 15) is 4.79 Å². The molecule has 40 heavy (non-hydrogen) atoms. The number of hydrogen-bond donors (Lipinski definition) is 0. The van der Waals surface area contributed by atoms with Gasteiger partial charge in [0.05, 0.1) is 0 Å². The minimum Gasteiger partial charge on any atom is -0.423 e. The van der Waals surface area contributed by atoms with E-state index >= 15 is 0 Å². The molecule has 0 saturated carbocycles. The van der Waals surface area contributed by atoms with Crippen LogP contribution in [0.25, 0.3) is 6.08 Å². The largest absolute Gasteiger partial charge is 0.423 e. The van der Waals surface area contributed by atoms with E-state index in [1.54, 1.807) is 11.1 Å². The van der Waals surface area contributed by atoms with E-state index in [1.807, 2.05) is 49.4 Å². The zero-order valence-corrected chi connectivity index (χ0v) is 26.4. The molecule has 2 heteroatoms. The molecule has 1 atom stereocenters. The smallest absolute Gasteiger partial charge is 0.336 e. The normalized spacial score (nSPS) is 17.7. The van der Waals surface area contributed by atoms with Gasteiger partial charge in [-0.3, -0.25) is 0 Å². The summed E-state index contributed by atoms with van der Waals surface area (Å²) >= 11 is 0. The van der Waals surface area contributed by atoms with Crippen LogP contribution in [0.5, 0.6) is 5.75 Å². The number of rotatable bonds is 13. The van der Waals surface area contributed by atoms with E-state index < -0.39 is 0 Å². The lowest BCUT2D eigenvalue weighted by atomic mass is 9.71. The number of benzene rings is 1. The highest BCUT2D eigenvalue weighted by Gasteiger charge is 2.27. The second-order valence-electron chi connectivity index (χ2n) is 12.6. The van der Waals surface area contributed by atoms with Crippen molar-refractivity contribution in [3.05, 3.63) is 107 Å². The first-order valence-electron chi connectivity index (χ1n) is 14.8. The molecule has 0 spiro atoms. The zero-order chi connectivity index (χ0) is 29.8. The highest BCUT2D eigenvalue weighted by molar-refractivity contribution is 5.85. The fraction of sp³-hybridized carbons (Fsp3) is 0.447. The molecule has 1 aromatic rings. The Kier molecular flexibility index (Phi) is 12.9. The van der Waals surface area contributed by atoms with E-state index in [0.29, 0.717) is 11.2 Å². The van der Waals surface area contributed by atoms with E-state index in [4.69, 9.17) is 4.74 Å². The maximum absolute atomic E-state index is 12.4. The second-order valence-corrected chi connectivity index (χ2v) is 12.6. The van der Waals surface area contributed by atoms with Gasteiger partial charge in [-0.05, 0) is 108 Å². The topological polar surface area (TPSA) is 26.3 Å². The Morgan fingerprint density at radius 3 is 2.45 bits per heavy atom. The molecule has 0 amide bonds. The molecule has 0 aliphatic heterocycles. The van der Waals surface area contributed by atoms with Crippen molar-refractivity contribution in [2.24, 2.45) is 10.8 Å². The minimum atomic E-state index is -0.369. The second kappa shape index (κ2) is 15.6. The Labute approximate surface area is 245 Å². The summed E-state index contributed by atoms with van der Waals surface area (Å²) in [6.45, 7) is 21.7. The maximum atomic E-state index is 12.4.